The summed E-state index contributed by atoms with van der Waals surface area (Å²) in [5.41, 5.74) is 10.9. The molecular weight excluding hydrogens is 597 g/mol. The van der Waals surface area contributed by atoms with Crippen molar-refractivity contribution in [2.75, 3.05) is 4.90 Å². The van der Waals surface area contributed by atoms with E-state index in [9.17, 15) is 0 Å². The fraction of sp³-hybridized carbons (Fsp3) is 0. The minimum absolute atomic E-state index is 0.874. The Kier molecular flexibility index (Phi) is 6.18. The van der Waals surface area contributed by atoms with Gasteiger partial charge in [0, 0.05) is 50.4 Å². The number of aromatic nitrogens is 1. The summed E-state index contributed by atoms with van der Waals surface area (Å²) in [6.45, 7) is 0. The van der Waals surface area contributed by atoms with Crippen molar-refractivity contribution in [2.24, 2.45) is 0 Å². The van der Waals surface area contributed by atoms with Crippen LogP contribution >= 0.6 is 0 Å². The molecule has 0 aliphatic rings. The Bertz CT molecular complexity index is 2830. The van der Waals surface area contributed by atoms with E-state index in [-0.39, 0.29) is 0 Å². The minimum atomic E-state index is 0.874. The van der Waals surface area contributed by atoms with Gasteiger partial charge in [0.1, 0.15) is 11.2 Å². The van der Waals surface area contributed by atoms with Crippen LogP contribution in [0.5, 0.6) is 0 Å². The molecule has 0 fully saturated rings. The summed E-state index contributed by atoms with van der Waals surface area (Å²) in [4.78, 5) is 2.32. The number of furan rings is 1. The highest BCUT2D eigenvalue weighted by Crippen LogP contribution is 2.43. The van der Waals surface area contributed by atoms with Crippen molar-refractivity contribution >= 4 is 71.6 Å². The molecule has 49 heavy (non-hydrogen) atoms. The van der Waals surface area contributed by atoms with Gasteiger partial charge in [0.25, 0.3) is 0 Å². The Hall–Kier alpha value is -6.58. The number of rotatable bonds is 5. The summed E-state index contributed by atoms with van der Waals surface area (Å²) in [6, 6.07) is 65.0. The number of para-hydroxylation sites is 3. The van der Waals surface area contributed by atoms with Gasteiger partial charge < -0.3 is 13.9 Å². The molecule has 8 aromatic carbocycles. The second-order valence-corrected chi connectivity index (χ2v) is 12.6. The van der Waals surface area contributed by atoms with Crippen molar-refractivity contribution in [3.8, 4) is 16.8 Å². The summed E-state index contributed by atoms with van der Waals surface area (Å²) >= 11 is 0. The lowest BCUT2D eigenvalue weighted by Crippen LogP contribution is -2.09. The molecule has 0 radical (unpaired) electrons. The molecule has 0 amide bonds. The molecule has 0 saturated carbocycles. The molecule has 0 aliphatic heterocycles. The smallest absolute Gasteiger partial charge is 0.137 e. The molecule has 0 bridgehead atoms. The van der Waals surface area contributed by atoms with Crippen LogP contribution < -0.4 is 4.90 Å². The van der Waals surface area contributed by atoms with Gasteiger partial charge in [-0.2, -0.15) is 0 Å². The number of benzene rings is 8. The second kappa shape index (κ2) is 11.0. The highest BCUT2D eigenvalue weighted by atomic mass is 16.3. The van der Waals surface area contributed by atoms with Crippen molar-refractivity contribution in [3.63, 3.8) is 0 Å². The van der Waals surface area contributed by atoms with Crippen LogP contribution in [0.1, 0.15) is 0 Å². The first kappa shape index (κ1) is 27.5. The van der Waals surface area contributed by atoms with Gasteiger partial charge in [0.05, 0.1) is 11.0 Å². The maximum atomic E-state index is 6.35. The Morgan fingerprint density at radius 3 is 1.96 bits per heavy atom. The lowest BCUT2D eigenvalue weighted by atomic mass is 9.97. The maximum Gasteiger partial charge on any atom is 0.137 e. The summed E-state index contributed by atoms with van der Waals surface area (Å²) in [7, 11) is 0. The predicted molar refractivity (Wildman–Crippen MR) is 206 cm³/mol. The van der Waals surface area contributed by atoms with Gasteiger partial charge in [-0.05, 0) is 88.6 Å². The van der Waals surface area contributed by atoms with Crippen LogP contribution in [0.4, 0.5) is 17.1 Å². The van der Waals surface area contributed by atoms with E-state index < -0.39 is 0 Å². The predicted octanol–water partition coefficient (Wildman–Crippen LogP) is 13.0. The first-order chi connectivity index (χ1) is 24.3. The molecule has 0 spiro atoms. The van der Waals surface area contributed by atoms with Crippen LogP contribution in [0.25, 0.3) is 71.3 Å². The normalized spacial score (nSPS) is 11.7. The average molecular weight is 627 g/mol. The quantitative estimate of drug-likeness (QED) is 0.190. The maximum absolute atomic E-state index is 6.35. The van der Waals surface area contributed by atoms with Crippen molar-refractivity contribution in [3.05, 3.63) is 182 Å². The van der Waals surface area contributed by atoms with E-state index in [0.717, 1.165) is 50.2 Å². The topological polar surface area (TPSA) is 21.3 Å². The molecule has 0 saturated heterocycles. The van der Waals surface area contributed by atoms with E-state index in [4.69, 9.17) is 4.42 Å². The summed E-state index contributed by atoms with van der Waals surface area (Å²) in [5.74, 6) is 0. The summed E-state index contributed by atoms with van der Waals surface area (Å²) in [5, 5.41) is 7.20. The van der Waals surface area contributed by atoms with E-state index in [1.165, 1.54) is 38.2 Å². The molecule has 0 atom stereocenters. The van der Waals surface area contributed by atoms with Gasteiger partial charge in [0.15, 0.2) is 0 Å². The molecule has 0 aliphatic carbocycles. The third kappa shape index (κ3) is 4.44. The fourth-order valence-corrected chi connectivity index (χ4v) is 7.53. The van der Waals surface area contributed by atoms with E-state index >= 15 is 0 Å². The van der Waals surface area contributed by atoms with Crippen molar-refractivity contribution in [1.82, 2.24) is 4.57 Å². The Morgan fingerprint density at radius 2 is 1.10 bits per heavy atom. The van der Waals surface area contributed by atoms with Gasteiger partial charge in [-0.15, -0.1) is 0 Å². The van der Waals surface area contributed by atoms with Crippen molar-refractivity contribution in [2.45, 2.75) is 0 Å². The van der Waals surface area contributed by atoms with Gasteiger partial charge in [-0.3, -0.25) is 0 Å². The highest BCUT2D eigenvalue weighted by Gasteiger charge is 2.20. The van der Waals surface area contributed by atoms with Crippen molar-refractivity contribution < 1.29 is 4.42 Å². The molecule has 2 aromatic heterocycles. The third-order valence-electron chi connectivity index (χ3n) is 9.74. The number of anilines is 3. The molecule has 10 rings (SSSR count). The van der Waals surface area contributed by atoms with Crippen LogP contribution in [0, 0.1) is 0 Å². The molecule has 0 unspecified atom stereocenters. The van der Waals surface area contributed by atoms with Crippen LogP contribution in [-0.2, 0) is 0 Å². The highest BCUT2D eigenvalue weighted by molar-refractivity contribution is 6.17. The standard InChI is InChI=1S/C46H30N2O/c1-3-14-34(15-4-1)47(37-24-26-40-39-18-9-10-21-44(39)49-45(40)30-37)36-25-27-41-43(29-36)48(35-16-5-2-6-17-35)42-20-11-19-38(46(41)42)33-23-22-31-12-7-8-13-32(31)28-33/h1-30H. The molecule has 10 aromatic rings. The van der Waals surface area contributed by atoms with E-state index in [2.05, 4.69) is 179 Å². The molecule has 0 N–H and O–H groups in total. The first-order valence-corrected chi connectivity index (χ1v) is 16.7. The average Bonchev–Trinajstić information content (AvgIpc) is 3.70. The van der Waals surface area contributed by atoms with E-state index in [0.29, 0.717) is 0 Å². The fourth-order valence-electron chi connectivity index (χ4n) is 7.53. The van der Waals surface area contributed by atoms with E-state index in [1.807, 2.05) is 12.1 Å². The zero-order chi connectivity index (χ0) is 32.3. The van der Waals surface area contributed by atoms with Gasteiger partial charge in [0.2, 0.25) is 0 Å². The summed E-state index contributed by atoms with van der Waals surface area (Å²) < 4.78 is 8.76. The van der Waals surface area contributed by atoms with Gasteiger partial charge in [-0.1, -0.05) is 109 Å². The third-order valence-corrected chi connectivity index (χ3v) is 9.74. The molecular formula is C46H30N2O. The molecule has 3 heteroatoms. The van der Waals surface area contributed by atoms with Gasteiger partial charge >= 0.3 is 0 Å². The number of hydrogen-bond acceptors (Lipinski definition) is 2. The molecule has 230 valence electrons. The van der Waals surface area contributed by atoms with E-state index in [1.54, 1.807) is 0 Å². The van der Waals surface area contributed by atoms with Gasteiger partial charge in [-0.25, -0.2) is 0 Å². The lowest BCUT2D eigenvalue weighted by Gasteiger charge is -2.25. The van der Waals surface area contributed by atoms with Crippen molar-refractivity contribution in [1.29, 1.82) is 0 Å². The lowest BCUT2D eigenvalue weighted by molar-refractivity contribution is 0.669. The number of nitrogens with zero attached hydrogens (tertiary/aromatic N) is 2. The minimum Gasteiger partial charge on any atom is -0.456 e. The second-order valence-electron chi connectivity index (χ2n) is 12.6. The Balaban J connectivity index is 1.23. The largest absolute Gasteiger partial charge is 0.456 e. The Labute approximate surface area is 283 Å². The summed E-state index contributed by atoms with van der Waals surface area (Å²) in [6.07, 6.45) is 0. The van der Waals surface area contributed by atoms with Crippen LogP contribution in [0.3, 0.4) is 0 Å². The Morgan fingerprint density at radius 1 is 0.408 bits per heavy atom. The van der Waals surface area contributed by atoms with Crippen LogP contribution in [-0.4, -0.2) is 4.57 Å². The van der Waals surface area contributed by atoms with Crippen LogP contribution in [0.2, 0.25) is 0 Å². The van der Waals surface area contributed by atoms with Crippen LogP contribution in [0.15, 0.2) is 186 Å². The SMILES string of the molecule is c1ccc(N(c2ccc3c(c2)oc2ccccc23)c2ccc3c4c(-c5ccc6ccccc6c5)cccc4n(-c4ccccc4)c3c2)cc1. The monoisotopic (exact) mass is 626 g/mol. The zero-order valence-corrected chi connectivity index (χ0v) is 26.6. The number of hydrogen-bond donors (Lipinski definition) is 0. The molecule has 3 nitrogen and oxygen atoms in total. The first-order valence-electron chi connectivity index (χ1n) is 16.7. The zero-order valence-electron chi connectivity index (χ0n) is 26.6. The number of fused-ring (bicyclic) bond motifs is 7. The molecule has 2 heterocycles.